The van der Waals surface area contributed by atoms with Gasteiger partial charge in [-0.2, -0.15) is 4.31 Å². The SMILES string of the molecule is COc1ccc(S(=O)(=O)N2CCC(C(=O)N(CCN(C)C)c3nc4c(C)c(Cl)ccc4s3)CC2)cc1. The highest BCUT2D eigenvalue weighted by atomic mass is 35.5. The number of thiazole rings is 1. The number of piperidine rings is 1. The van der Waals surface area contributed by atoms with Gasteiger partial charge in [0.2, 0.25) is 15.9 Å². The van der Waals surface area contributed by atoms with E-state index in [-0.39, 0.29) is 16.7 Å². The van der Waals surface area contributed by atoms with Crippen LogP contribution in [0.3, 0.4) is 0 Å². The number of aromatic nitrogens is 1. The van der Waals surface area contributed by atoms with Crippen molar-refractivity contribution in [2.24, 2.45) is 5.92 Å². The van der Waals surface area contributed by atoms with Crippen LogP contribution >= 0.6 is 22.9 Å². The van der Waals surface area contributed by atoms with Gasteiger partial charge < -0.3 is 9.64 Å². The Morgan fingerprint density at radius 1 is 1.14 bits per heavy atom. The molecule has 0 radical (unpaired) electrons. The lowest BCUT2D eigenvalue weighted by molar-refractivity contribution is -0.123. The molecule has 1 aliphatic rings. The molecule has 0 unspecified atom stereocenters. The van der Waals surface area contributed by atoms with E-state index in [9.17, 15) is 13.2 Å². The normalized spacial score (nSPS) is 15.5. The van der Waals surface area contributed by atoms with E-state index < -0.39 is 10.0 Å². The van der Waals surface area contributed by atoms with Crippen molar-refractivity contribution in [2.45, 2.75) is 24.7 Å². The van der Waals surface area contributed by atoms with E-state index >= 15 is 0 Å². The van der Waals surface area contributed by atoms with Crippen molar-refractivity contribution in [3.8, 4) is 5.75 Å². The number of fused-ring (bicyclic) bond motifs is 1. The van der Waals surface area contributed by atoms with Crippen LogP contribution in [0.1, 0.15) is 18.4 Å². The van der Waals surface area contributed by atoms with Crippen LogP contribution in [-0.2, 0) is 14.8 Å². The molecule has 1 amide bonds. The number of rotatable bonds is 8. The third-order valence-corrected chi connectivity index (χ3v) is 9.87. The number of nitrogens with zero attached hydrogens (tertiary/aromatic N) is 4. The summed E-state index contributed by atoms with van der Waals surface area (Å²) in [6, 6.07) is 10.2. The largest absolute Gasteiger partial charge is 0.497 e. The Bertz CT molecular complexity index is 1330. The van der Waals surface area contributed by atoms with Gasteiger partial charge in [-0.25, -0.2) is 13.4 Å². The summed E-state index contributed by atoms with van der Waals surface area (Å²) in [5, 5.41) is 1.30. The van der Waals surface area contributed by atoms with Crippen molar-refractivity contribution in [2.75, 3.05) is 52.3 Å². The average Bonchev–Trinajstić information content (AvgIpc) is 3.31. The first-order valence-electron chi connectivity index (χ1n) is 11.8. The van der Waals surface area contributed by atoms with Gasteiger partial charge in [-0.05, 0) is 75.8 Å². The van der Waals surface area contributed by atoms with Crippen molar-refractivity contribution >= 4 is 54.2 Å². The van der Waals surface area contributed by atoms with Crippen LogP contribution in [-0.4, -0.2) is 75.9 Å². The molecule has 36 heavy (non-hydrogen) atoms. The fraction of sp³-hybridized carbons (Fsp3) is 0.440. The Hall–Kier alpha value is -2.24. The van der Waals surface area contributed by atoms with E-state index in [0.717, 1.165) is 15.8 Å². The van der Waals surface area contributed by atoms with Crippen molar-refractivity contribution in [1.29, 1.82) is 0 Å². The lowest BCUT2D eigenvalue weighted by atomic mass is 9.96. The third-order valence-electron chi connectivity index (χ3n) is 6.50. The van der Waals surface area contributed by atoms with Gasteiger partial charge in [-0.3, -0.25) is 9.69 Å². The Balaban J connectivity index is 1.51. The molecular formula is C25H31ClN4O4S2. The monoisotopic (exact) mass is 550 g/mol. The number of carbonyl (C=O) groups excluding carboxylic acids is 1. The van der Waals surface area contributed by atoms with Gasteiger partial charge in [0.05, 0.1) is 22.2 Å². The van der Waals surface area contributed by atoms with Gasteiger partial charge in [0.15, 0.2) is 5.13 Å². The second-order valence-electron chi connectivity index (χ2n) is 9.16. The topological polar surface area (TPSA) is 83.0 Å². The fourth-order valence-corrected chi connectivity index (χ4v) is 6.94. The zero-order chi connectivity index (χ0) is 26.0. The molecule has 8 nitrogen and oxygen atoms in total. The number of hydrogen-bond acceptors (Lipinski definition) is 7. The number of carbonyl (C=O) groups is 1. The first-order valence-corrected chi connectivity index (χ1v) is 14.4. The highest BCUT2D eigenvalue weighted by Gasteiger charge is 2.35. The van der Waals surface area contributed by atoms with Crippen LogP contribution in [0, 0.1) is 12.8 Å². The predicted octanol–water partition coefficient (Wildman–Crippen LogP) is 4.26. The summed E-state index contributed by atoms with van der Waals surface area (Å²) >= 11 is 7.77. The lowest BCUT2D eigenvalue weighted by Gasteiger charge is -2.33. The summed E-state index contributed by atoms with van der Waals surface area (Å²) in [4.78, 5) is 22.5. The molecule has 4 rings (SSSR count). The molecular weight excluding hydrogens is 520 g/mol. The number of methoxy groups -OCH3 is 1. The number of aryl methyl sites for hydroxylation is 1. The molecule has 0 aliphatic carbocycles. The Kier molecular flexibility index (Phi) is 8.21. The maximum Gasteiger partial charge on any atom is 0.243 e. The second kappa shape index (κ2) is 11.0. The maximum atomic E-state index is 13.7. The van der Waals surface area contributed by atoms with E-state index in [1.807, 2.05) is 38.1 Å². The number of likely N-dealkylation sites (N-methyl/N-ethyl adjacent to an activating group) is 1. The average molecular weight is 551 g/mol. The van der Waals surface area contributed by atoms with E-state index in [0.29, 0.717) is 54.9 Å². The summed E-state index contributed by atoms with van der Waals surface area (Å²) < 4.78 is 33.8. The van der Waals surface area contributed by atoms with Gasteiger partial charge in [0.1, 0.15) is 5.75 Å². The van der Waals surface area contributed by atoms with E-state index in [4.69, 9.17) is 21.3 Å². The number of sulfonamides is 1. The first kappa shape index (κ1) is 26.8. The van der Waals surface area contributed by atoms with Crippen LogP contribution in [0.25, 0.3) is 10.2 Å². The molecule has 3 aromatic rings. The van der Waals surface area contributed by atoms with Crippen LogP contribution in [0.2, 0.25) is 5.02 Å². The molecule has 194 valence electrons. The number of ether oxygens (including phenoxy) is 1. The summed E-state index contributed by atoms with van der Waals surface area (Å²) in [6.45, 7) is 3.70. The van der Waals surface area contributed by atoms with Crippen molar-refractivity contribution in [3.05, 3.63) is 47.0 Å². The Morgan fingerprint density at radius 2 is 1.81 bits per heavy atom. The molecule has 2 heterocycles. The number of hydrogen-bond donors (Lipinski definition) is 0. The molecule has 0 N–H and O–H groups in total. The smallest absolute Gasteiger partial charge is 0.243 e. The van der Waals surface area contributed by atoms with Gasteiger partial charge in [-0.15, -0.1) is 0 Å². The maximum absolute atomic E-state index is 13.7. The first-order chi connectivity index (χ1) is 17.1. The van der Waals surface area contributed by atoms with Gasteiger partial charge in [0, 0.05) is 37.1 Å². The highest BCUT2D eigenvalue weighted by molar-refractivity contribution is 7.89. The third kappa shape index (κ3) is 5.52. The summed E-state index contributed by atoms with van der Waals surface area (Å²) in [7, 11) is 1.84. The number of halogens is 1. The molecule has 2 aromatic carbocycles. The summed E-state index contributed by atoms with van der Waals surface area (Å²) in [5.74, 6) is 0.315. The molecule has 1 aliphatic heterocycles. The molecule has 0 bridgehead atoms. The Morgan fingerprint density at radius 3 is 2.42 bits per heavy atom. The fourth-order valence-electron chi connectivity index (χ4n) is 4.26. The van der Waals surface area contributed by atoms with Crippen LogP contribution in [0.4, 0.5) is 5.13 Å². The van der Waals surface area contributed by atoms with Crippen molar-refractivity contribution in [3.63, 3.8) is 0 Å². The number of anilines is 1. The predicted molar refractivity (Wildman–Crippen MR) is 145 cm³/mol. The lowest BCUT2D eigenvalue weighted by Crippen LogP contribution is -2.46. The molecule has 11 heteroatoms. The second-order valence-corrected chi connectivity index (χ2v) is 12.5. The standard InChI is InChI=1S/C25H31ClN4O4S2/c1-17-21(26)9-10-22-23(17)27-25(35-22)30(16-15-28(2)3)24(31)18-11-13-29(14-12-18)36(32,33)20-7-5-19(34-4)6-8-20/h5-10,18H,11-16H2,1-4H3. The van der Waals surface area contributed by atoms with Gasteiger partial charge >= 0.3 is 0 Å². The van der Waals surface area contributed by atoms with Crippen molar-refractivity contribution < 1.29 is 17.9 Å². The quantitative estimate of drug-likeness (QED) is 0.417. The minimum atomic E-state index is -3.63. The molecule has 1 fully saturated rings. The number of amides is 1. The summed E-state index contributed by atoms with van der Waals surface area (Å²) in [6.07, 6.45) is 0.921. The molecule has 0 atom stereocenters. The zero-order valence-corrected chi connectivity index (χ0v) is 23.3. The van der Waals surface area contributed by atoms with Crippen molar-refractivity contribution in [1.82, 2.24) is 14.2 Å². The van der Waals surface area contributed by atoms with E-state index in [1.54, 1.807) is 29.2 Å². The minimum absolute atomic E-state index is 0.0128. The minimum Gasteiger partial charge on any atom is -0.497 e. The number of benzene rings is 2. The molecule has 1 aromatic heterocycles. The van der Waals surface area contributed by atoms with Crippen LogP contribution in [0.15, 0.2) is 41.3 Å². The molecule has 1 saturated heterocycles. The molecule has 0 spiro atoms. The van der Waals surface area contributed by atoms with Gasteiger partial charge in [-0.1, -0.05) is 22.9 Å². The van der Waals surface area contributed by atoms with Crippen LogP contribution < -0.4 is 9.64 Å². The summed E-state index contributed by atoms with van der Waals surface area (Å²) in [5.41, 5.74) is 1.71. The van der Waals surface area contributed by atoms with Crippen LogP contribution in [0.5, 0.6) is 5.75 Å². The molecule has 0 saturated carbocycles. The van der Waals surface area contributed by atoms with Gasteiger partial charge in [0.25, 0.3) is 0 Å². The Labute approximate surface area is 221 Å². The highest BCUT2D eigenvalue weighted by Crippen LogP contribution is 2.35. The zero-order valence-electron chi connectivity index (χ0n) is 20.9. The van der Waals surface area contributed by atoms with E-state index in [1.165, 1.54) is 22.8 Å². The van der Waals surface area contributed by atoms with E-state index in [2.05, 4.69) is 0 Å².